The first-order chi connectivity index (χ1) is 11.6. The minimum absolute atomic E-state index is 0.00720. The maximum atomic E-state index is 12.4. The Morgan fingerprint density at radius 3 is 2.92 bits per heavy atom. The van der Waals surface area contributed by atoms with Crippen LogP contribution in [0.2, 0.25) is 0 Å². The van der Waals surface area contributed by atoms with Crippen molar-refractivity contribution in [3.05, 3.63) is 24.2 Å². The number of hydrogen-bond donors (Lipinski definition) is 1. The van der Waals surface area contributed by atoms with Gasteiger partial charge < -0.3 is 19.4 Å². The second-order valence-corrected chi connectivity index (χ2v) is 6.50. The predicted molar refractivity (Wildman–Crippen MR) is 87.1 cm³/mol. The minimum atomic E-state index is -0.274. The Morgan fingerprint density at radius 2 is 2.21 bits per heavy atom. The second-order valence-electron chi connectivity index (χ2n) is 6.50. The summed E-state index contributed by atoms with van der Waals surface area (Å²) in [5, 5.41) is 3.00. The summed E-state index contributed by atoms with van der Waals surface area (Å²) >= 11 is 0. The summed E-state index contributed by atoms with van der Waals surface area (Å²) in [6.07, 6.45) is 1.87. The highest BCUT2D eigenvalue weighted by Crippen LogP contribution is 2.20. The van der Waals surface area contributed by atoms with Crippen LogP contribution in [0.1, 0.15) is 19.1 Å². The number of carbonyl (C=O) groups excluding carboxylic acids is 2. The quantitative estimate of drug-likeness (QED) is 0.818. The highest BCUT2D eigenvalue weighted by Gasteiger charge is 2.34. The van der Waals surface area contributed by atoms with Crippen LogP contribution in [0, 0.1) is 5.92 Å². The van der Waals surface area contributed by atoms with Gasteiger partial charge in [-0.15, -0.1) is 0 Å². The molecule has 3 heterocycles. The first-order valence-corrected chi connectivity index (χ1v) is 8.53. The number of hydrogen-bond acceptors (Lipinski definition) is 5. The van der Waals surface area contributed by atoms with Crippen LogP contribution in [-0.4, -0.2) is 67.0 Å². The van der Waals surface area contributed by atoms with E-state index in [9.17, 15) is 9.59 Å². The Balaban J connectivity index is 1.44. The van der Waals surface area contributed by atoms with Crippen molar-refractivity contribution >= 4 is 11.8 Å². The number of carbonyl (C=O) groups is 2. The summed E-state index contributed by atoms with van der Waals surface area (Å²) in [5.41, 5.74) is 0. The molecule has 0 radical (unpaired) electrons. The average Bonchev–Trinajstić information content (AvgIpc) is 3.24. The monoisotopic (exact) mass is 335 g/mol. The Morgan fingerprint density at radius 1 is 1.42 bits per heavy atom. The van der Waals surface area contributed by atoms with Crippen LogP contribution in [0.25, 0.3) is 0 Å². The number of nitrogens with one attached hydrogen (secondary N) is 1. The molecule has 2 fully saturated rings. The summed E-state index contributed by atoms with van der Waals surface area (Å²) in [5.74, 6) is 0.438. The van der Waals surface area contributed by atoms with E-state index in [2.05, 4.69) is 17.1 Å². The van der Waals surface area contributed by atoms with Gasteiger partial charge in [0, 0.05) is 38.6 Å². The fourth-order valence-electron chi connectivity index (χ4n) is 3.23. The molecule has 1 aromatic rings. The lowest BCUT2D eigenvalue weighted by atomic mass is 10.1. The Bertz CT molecular complexity index is 554. The maximum Gasteiger partial charge on any atom is 0.225 e. The molecule has 0 saturated carbocycles. The lowest BCUT2D eigenvalue weighted by Crippen LogP contribution is -2.48. The third kappa shape index (κ3) is 4.15. The number of ether oxygens (including phenoxy) is 1. The van der Waals surface area contributed by atoms with E-state index in [4.69, 9.17) is 9.15 Å². The van der Waals surface area contributed by atoms with E-state index in [1.165, 1.54) is 0 Å². The molecule has 2 atom stereocenters. The number of morpholine rings is 1. The zero-order chi connectivity index (χ0) is 16.9. The SMILES string of the molecule is C[C@@H](CNC(=O)[C@H]1CC(=O)N(Cc2ccco2)C1)N1CCOCC1. The van der Waals surface area contributed by atoms with Crippen molar-refractivity contribution in [2.45, 2.75) is 25.9 Å². The van der Waals surface area contributed by atoms with Crippen LogP contribution in [0.4, 0.5) is 0 Å². The van der Waals surface area contributed by atoms with Gasteiger partial charge in [-0.05, 0) is 19.1 Å². The van der Waals surface area contributed by atoms with E-state index < -0.39 is 0 Å². The molecule has 1 N–H and O–H groups in total. The van der Waals surface area contributed by atoms with E-state index in [-0.39, 0.29) is 30.2 Å². The first kappa shape index (κ1) is 17.0. The molecule has 0 spiro atoms. The summed E-state index contributed by atoms with van der Waals surface area (Å²) < 4.78 is 10.6. The highest BCUT2D eigenvalue weighted by molar-refractivity contribution is 5.89. The van der Waals surface area contributed by atoms with E-state index in [0.717, 1.165) is 32.1 Å². The lowest BCUT2D eigenvalue weighted by molar-refractivity contribution is -0.129. The van der Waals surface area contributed by atoms with Crippen LogP contribution < -0.4 is 5.32 Å². The smallest absolute Gasteiger partial charge is 0.225 e. The Kier molecular flexibility index (Phi) is 5.52. The predicted octanol–water partition coefficient (Wildman–Crippen LogP) is 0.465. The van der Waals surface area contributed by atoms with Crippen LogP contribution in [0.15, 0.2) is 22.8 Å². The van der Waals surface area contributed by atoms with Gasteiger partial charge in [0.2, 0.25) is 11.8 Å². The Hall–Kier alpha value is -1.86. The molecule has 132 valence electrons. The van der Waals surface area contributed by atoms with Crippen molar-refractivity contribution in [2.75, 3.05) is 39.4 Å². The minimum Gasteiger partial charge on any atom is -0.467 e. The first-order valence-electron chi connectivity index (χ1n) is 8.53. The van der Waals surface area contributed by atoms with Gasteiger partial charge in [0.1, 0.15) is 5.76 Å². The molecule has 7 nitrogen and oxygen atoms in total. The standard InChI is InChI=1S/C17H25N3O4/c1-13(19-4-7-23-8-5-19)10-18-17(22)14-9-16(21)20(11-14)12-15-3-2-6-24-15/h2-3,6,13-14H,4-5,7-12H2,1H3,(H,18,22)/t13-,14-/m0/s1. The van der Waals surface area contributed by atoms with Gasteiger partial charge in [-0.3, -0.25) is 14.5 Å². The topological polar surface area (TPSA) is 75.0 Å². The van der Waals surface area contributed by atoms with Crippen LogP contribution in [-0.2, 0) is 20.9 Å². The van der Waals surface area contributed by atoms with Gasteiger partial charge in [-0.25, -0.2) is 0 Å². The van der Waals surface area contributed by atoms with Crippen LogP contribution in [0.3, 0.4) is 0 Å². The molecule has 2 saturated heterocycles. The molecular formula is C17H25N3O4. The molecule has 0 aliphatic carbocycles. The van der Waals surface area contributed by atoms with Crippen molar-refractivity contribution in [1.29, 1.82) is 0 Å². The summed E-state index contributed by atoms with van der Waals surface area (Å²) in [6, 6.07) is 3.91. The molecule has 24 heavy (non-hydrogen) atoms. The van der Waals surface area contributed by atoms with E-state index in [1.807, 2.05) is 6.07 Å². The van der Waals surface area contributed by atoms with Gasteiger partial charge in [-0.2, -0.15) is 0 Å². The molecule has 2 amide bonds. The fraction of sp³-hybridized carbons (Fsp3) is 0.647. The zero-order valence-corrected chi connectivity index (χ0v) is 14.1. The summed E-state index contributed by atoms with van der Waals surface area (Å²) in [6.45, 7) is 6.88. The van der Waals surface area contributed by atoms with Crippen molar-refractivity contribution in [3.63, 3.8) is 0 Å². The van der Waals surface area contributed by atoms with Gasteiger partial charge in [0.25, 0.3) is 0 Å². The van der Waals surface area contributed by atoms with Crippen molar-refractivity contribution in [2.24, 2.45) is 5.92 Å². The normalized spacial score (nSPS) is 23.5. The van der Waals surface area contributed by atoms with Gasteiger partial charge in [0.15, 0.2) is 0 Å². The third-order valence-electron chi connectivity index (χ3n) is 4.75. The molecule has 0 unspecified atom stereocenters. The van der Waals surface area contributed by atoms with Crippen LogP contribution in [0.5, 0.6) is 0 Å². The number of amides is 2. The molecule has 0 bridgehead atoms. The molecule has 7 heteroatoms. The highest BCUT2D eigenvalue weighted by atomic mass is 16.5. The molecule has 0 aromatic carbocycles. The number of nitrogens with zero attached hydrogens (tertiary/aromatic N) is 2. The van der Waals surface area contributed by atoms with E-state index in [1.54, 1.807) is 17.2 Å². The molecule has 3 rings (SSSR count). The summed E-state index contributed by atoms with van der Waals surface area (Å²) in [4.78, 5) is 28.5. The maximum absolute atomic E-state index is 12.4. The third-order valence-corrected chi connectivity index (χ3v) is 4.75. The second kappa shape index (κ2) is 7.81. The van der Waals surface area contributed by atoms with Gasteiger partial charge in [-0.1, -0.05) is 0 Å². The molecule has 2 aliphatic rings. The average molecular weight is 335 g/mol. The Labute approximate surface area is 141 Å². The van der Waals surface area contributed by atoms with Crippen molar-refractivity contribution in [3.8, 4) is 0 Å². The largest absolute Gasteiger partial charge is 0.467 e. The number of rotatable bonds is 6. The van der Waals surface area contributed by atoms with Crippen molar-refractivity contribution < 1.29 is 18.7 Å². The number of likely N-dealkylation sites (tertiary alicyclic amines) is 1. The van der Waals surface area contributed by atoms with Gasteiger partial charge >= 0.3 is 0 Å². The zero-order valence-electron chi connectivity index (χ0n) is 14.1. The molecule has 2 aliphatic heterocycles. The van der Waals surface area contributed by atoms with E-state index in [0.29, 0.717) is 19.6 Å². The van der Waals surface area contributed by atoms with Crippen molar-refractivity contribution in [1.82, 2.24) is 15.1 Å². The fourth-order valence-corrected chi connectivity index (χ4v) is 3.23. The van der Waals surface area contributed by atoms with Crippen LogP contribution >= 0.6 is 0 Å². The van der Waals surface area contributed by atoms with Gasteiger partial charge in [0.05, 0.1) is 31.9 Å². The molecule has 1 aromatic heterocycles. The summed E-state index contributed by atoms with van der Waals surface area (Å²) in [7, 11) is 0. The molecular weight excluding hydrogens is 310 g/mol. The lowest BCUT2D eigenvalue weighted by Gasteiger charge is -2.32. The van der Waals surface area contributed by atoms with E-state index >= 15 is 0 Å². The number of furan rings is 1.